The molecular weight excluding hydrogens is 297 g/mol. The van der Waals surface area contributed by atoms with E-state index < -0.39 is 0 Å². The lowest BCUT2D eigenvalue weighted by Gasteiger charge is -2.36. The number of carbonyl (C=O) groups excluding carboxylic acids is 1. The van der Waals surface area contributed by atoms with Gasteiger partial charge in [0.1, 0.15) is 5.15 Å². The Kier molecular flexibility index (Phi) is 5.24. The van der Waals surface area contributed by atoms with Crippen LogP contribution in [0.15, 0.2) is 12.3 Å². The van der Waals surface area contributed by atoms with Crippen LogP contribution in [-0.2, 0) is 0 Å². The second-order valence-corrected chi connectivity index (χ2v) is 5.86. The summed E-state index contributed by atoms with van der Waals surface area (Å²) in [6.45, 7) is 5.29. The third kappa shape index (κ3) is 3.43. The van der Waals surface area contributed by atoms with Crippen molar-refractivity contribution in [3.63, 3.8) is 0 Å². The van der Waals surface area contributed by atoms with Gasteiger partial charge in [0, 0.05) is 32.4 Å². The fourth-order valence-electron chi connectivity index (χ4n) is 2.56. The number of hydrogen-bond acceptors (Lipinski definition) is 3. The molecule has 0 saturated carbocycles. The van der Waals surface area contributed by atoms with Crippen LogP contribution in [0.4, 0.5) is 0 Å². The average molecular weight is 316 g/mol. The fraction of sp³-hybridized carbons (Fsp3) is 0.571. The van der Waals surface area contributed by atoms with Crippen LogP contribution in [-0.4, -0.2) is 53.4 Å². The summed E-state index contributed by atoms with van der Waals surface area (Å²) in [4.78, 5) is 20.6. The molecule has 4 nitrogen and oxygen atoms in total. The van der Waals surface area contributed by atoms with Crippen LogP contribution in [0.2, 0.25) is 10.2 Å². The van der Waals surface area contributed by atoms with Crippen molar-refractivity contribution in [2.24, 2.45) is 0 Å². The summed E-state index contributed by atoms with van der Waals surface area (Å²) in [5, 5.41) is 0.629. The molecule has 0 aliphatic carbocycles. The lowest BCUT2D eigenvalue weighted by Crippen LogP contribution is -2.45. The number of pyridine rings is 1. The number of piperidine rings is 1. The number of halogens is 2. The highest BCUT2D eigenvalue weighted by Crippen LogP contribution is 2.22. The summed E-state index contributed by atoms with van der Waals surface area (Å²) in [6, 6.07) is 1.79. The van der Waals surface area contributed by atoms with Crippen molar-refractivity contribution in [2.75, 3.05) is 26.7 Å². The van der Waals surface area contributed by atoms with Gasteiger partial charge < -0.3 is 9.80 Å². The maximum atomic E-state index is 12.5. The summed E-state index contributed by atoms with van der Waals surface area (Å²) >= 11 is 11.9. The molecule has 6 heteroatoms. The smallest absolute Gasteiger partial charge is 0.255 e. The van der Waals surface area contributed by atoms with E-state index in [-0.39, 0.29) is 17.1 Å². The van der Waals surface area contributed by atoms with Gasteiger partial charge in [0.15, 0.2) is 0 Å². The molecule has 0 N–H and O–H groups in total. The van der Waals surface area contributed by atoms with Crippen molar-refractivity contribution < 1.29 is 4.79 Å². The van der Waals surface area contributed by atoms with Gasteiger partial charge in [-0.2, -0.15) is 0 Å². The lowest BCUT2D eigenvalue weighted by atomic mass is 10.0. The van der Waals surface area contributed by atoms with Gasteiger partial charge in [-0.25, -0.2) is 4.98 Å². The fourth-order valence-corrected chi connectivity index (χ4v) is 2.90. The van der Waals surface area contributed by atoms with Gasteiger partial charge in [-0.3, -0.25) is 4.79 Å². The molecule has 0 aromatic carbocycles. The molecule has 110 valence electrons. The molecule has 1 aliphatic rings. The normalized spacial score (nSPS) is 17.2. The van der Waals surface area contributed by atoms with E-state index in [1.807, 2.05) is 7.05 Å². The first-order valence-corrected chi connectivity index (χ1v) is 7.59. The van der Waals surface area contributed by atoms with Crippen LogP contribution < -0.4 is 0 Å². The Balaban J connectivity index is 2.07. The summed E-state index contributed by atoms with van der Waals surface area (Å²) in [5.41, 5.74) is 0.423. The Hall–Kier alpha value is -0.840. The van der Waals surface area contributed by atoms with Crippen molar-refractivity contribution in [1.29, 1.82) is 0 Å². The van der Waals surface area contributed by atoms with Gasteiger partial charge in [-0.05, 0) is 25.5 Å². The SMILES string of the molecule is CCN1CCC(N(C)C(=O)c2cc(Cl)ncc2Cl)CC1. The van der Waals surface area contributed by atoms with Crippen LogP contribution in [0.25, 0.3) is 0 Å². The van der Waals surface area contributed by atoms with Gasteiger partial charge in [0.25, 0.3) is 5.91 Å². The quantitative estimate of drug-likeness (QED) is 0.805. The van der Waals surface area contributed by atoms with Gasteiger partial charge >= 0.3 is 0 Å². The molecule has 0 bridgehead atoms. The molecular formula is C14H19Cl2N3O. The van der Waals surface area contributed by atoms with E-state index in [4.69, 9.17) is 23.2 Å². The van der Waals surface area contributed by atoms with E-state index in [2.05, 4.69) is 16.8 Å². The van der Waals surface area contributed by atoms with Crippen molar-refractivity contribution >= 4 is 29.1 Å². The zero-order chi connectivity index (χ0) is 14.7. The minimum Gasteiger partial charge on any atom is -0.339 e. The standard InChI is InChI=1S/C14H19Cl2N3O/c1-3-19-6-4-10(5-7-19)18(2)14(20)11-8-13(16)17-9-12(11)15/h8-10H,3-7H2,1-2H3. The molecule has 20 heavy (non-hydrogen) atoms. The van der Waals surface area contributed by atoms with E-state index in [0.29, 0.717) is 10.6 Å². The van der Waals surface area contributed by atoms with E-state index >= 15 is 0 Å². The molecule has 2 rings (SSSR count). The van der Waals surface area contributed by atoms with Crippen LogP contribution in [0, 0.1) is 0 Å². The Morgan fingerprint density at radius 3 is 2.70 bits per heavy atom. The van der Waals surface area contributed by atoms with E-state index in [9.17, 15) is 4.79 Å². The maximum absolute atomic E-state index is 12.5. The van der Waals surface area contributed by atoms with Crippen LogP contribution >= 0.6 is 23.2 Å². The van der Waals surface area contributed by atoms with Crippen LogP contribution in [0.3, 0.4) is 0 Å². The zero-order valence-corrected chi connectivity index (χ0v) is 13.3. The predicted molar refractivity (Wildman–Crippen MR) is 81.5 cm³/mol. The number of likely N-dealkylation sites (tertiary alicyclic amines) is 1. The van der Waals surface area contributed by atoms with Gasteiger partial charge in [-0.15, -0.1) is 0 Å². The molecule has 1 aliphatic heterocycles. The van der Waals surface area contributed by atoms with E-state index in [0.717, 1.165) is 32.5 Å². The second kappa shape index (κ2) is 6.74. The minimum absolute atomic E-state index is 0.0887. The molecule has 0 spiro atoms. The number of aromatic nitrogens is 1. The Morgan fingerprint density at radius 1 is 1.45 bits per heavy atom. The summed E-state index contributed by atoms with van der Waals surface area (Å²) in [5.74, 6) is -0.0887. The molecule has 0 radical (unpaired) electrons. The summed E-state index contributed by atoms with van der Waals surface area (Å²) in [7, 11) is 1.83. The molecule has 1 amide bonds. The van der Waals surface area contributed by atoms with Gasteiger partial charge in [0.2, 0.25) is 0 Å². The molecule has 1 fully saturated rings. The number of carbonyl (C=O) groups is 1. The second-order valence-electron chi connectivity index (χ2n) is 5.07. The van der Waals surface area contributed by atoms with Crippen molar-refractivity contribution in [1.82, 2.24) is 14.8 Å². The first-order valence-electron chi connectivity index (χ1n) is 6.83. The number of hydrogen-bond donors (Lipinski definition) is 0. The van der Waals surface area contributed by atoms with Crippen LogP contribution in [0.5, 0.6) is 0 Å². The topological polar surface area (TPSA) is 36.4 Å². The van der Waals surface area contributed by atoms with Gasteiger partial charge in [0.05, 0.1) is 10.6 Å². The molecule has 1 saturated heterocycles. The van der Waals surface area contributed by atoms with Crippen molar-refractivity contribution in [3.8, 4) is 0 Å². The highest BCUT2D eigenvalue weighted by atomic mass is 35.5. The zero-order valence-electron chi connectivity index (χ0n) is 11.8. The molecule has 1 aromatic heterocycles. The first kappa shape index (κ1) is 15.5. The van der Waals surface area contributed by atoms with Gasteiger partial charge in [-0.1, -0.05) is 30.1 Å². The molecule has 1 aromatic rings. The van der Waals surface area contributed by atoms with E-state index in [1.165, 1.54) is 12.3 Å². The Labute approximate surface area is 129 Å². The van der Waals surface area contributed by atoms with Crippen molar-refractivity contribution in [3.05, 3.63) is 28.0 Å². The summed E-state index contributed by atoms with van der Waals surface area (Å²) < 4.78 is 0. The van der Waals surface area contributed by atoms with Crippen molar-refractivity contribution in [2.45, 2.75) is 25.8 Å². The largest absolute Gasteiger partial charge is 0.339 e. The van der Waals surface area contributed by atoms with E-state index in [1.54, 1.807) is 4.90 Å². The average Bonchev–Trinajstić information content (AvgIpc) is 2.48. The third-order valence-electron chi connectivity index (χ3n) is 3.92. The number of amides is 1. The Bertz CT molecular complexity index is 487. The minimum atomic E-state index is -0.0887. The number of rotatable bonds is 3. The highest BCUT2D eigenvalue weighted by molar-refractivity contribution is 6.35. The van der Waals surface area contributed by atoms with Crippen LogP contribution in [0.1, 0.15) is 30.1 Å². The first-order chi connectivity index (χ1) is 9.52. The predicted octanol–water partition coefficient (Wildman–Crippen LogP) is 2.94. The molecule has 0 unspecified atom stereocenters. The third-order valence-corrected chi connectivity index (χ3v) is 4.43. The molecule has 2 heterocycles. The molecule has 0 atom stereocenters. The number of nitrogens with zero attached hydrogens (tertiary/aromatic N) is 3. The monoisotopic (exact) mass is 315 g/mol. The lowest BCUT2D eigenvalue weighted by molar-refractivity contribution is 0.0647. The maximum Gasteiger partial charge on any atom is 0.255 e. The Morgan fingerprint density at radius 2 is 2.10 bits per heavy atom. The summed E-state index contributed by atoms with van der Waals surface area (Å²) in [6.07, 6.45) is 3.41. The highest BCUT2D eigenvalue weighted by Gasteiger charge is 2.26.